The topological polar surface area (TPSA) is 63.3 Å². The molecule has 72 valence electrons. The first kappa shape index (κ1) is 11.2. The zero-order chi connectivity index (χ0) is 9.94. The molecule has 0 radical (unpaired) electrons. The first-order valence-corrected chi connectivity index (χ1v) is 3.30. The molecule has 0 spiro atoms. The Morgan fingerprint density at radius 1 is 1.58 bits per heavy atom. The molecule has 0 bridgehead atoms. The van der Waals surface area contributed by atoms with E-state index in [4.69, 9.17) is 10.8 Å². The summed E-state index contributed by atoms with van der Waals surface area (Å²) in [6, 6.07) is -1.44. The molecule has 0 heterocycles. The van der Waals surface area contributed by atoms with E-state index in [1.165, 1.54) is 0 Å². The van der Waals surface area contributed by atoms with Crippen LogP contribution in [0.2, 0.25) is 0 Å². The van der Waals surface area contributed by atoms with Gasteiger partial charge < -0.3 is 10.8 Å². The van der Waals surface area contributed by atoms with Crippen molar-refractivity contribution in [2.45, 2.75) is 25.6 Å². The Bertz CT molecular complexity index is 169. The van der Waals surface area contributed by atoms with E-state index in [2.05, 4.69) is 0 Å². The van der Waals surface area contributed by atoms with E-state index in [1.807, 2.05) is 0 Å². The lowest BCUT2D eigenvalue weighted by atomic mass is 10.0. The SMILES string of the molecule is CC(C[C@@H](N)C(=O)O)C(F)(F)F. The van der Waals surface area contributed by atoms with Gasteiger partial charge in [-0.05, 0) is 6.42 Å². The van der Waals surface area contributed by atoms with Crippen LogP contribution in [0.5, 0.6) is 0 Å². The van der Waals surface area contributed by atoms with Crippen molar-refractivity contribution in [2.75, 3.05) is 0 Å². The zero-order valence-corrected chi connectivity index (χ0v) is 6.43. The minimum Gasteiger partial charge on any atom is -0.480 e. The Kier molecular flexibility index (Phi) is 3.51. The molecule has 0 aromatic heterocycles. The second-order valence-corrected chi connectivity index (χ2v) is 2.62. The number of hydrogen-bond acceptors (Lipinski definition) is 2. The molecule has 0 saturated carbocycles. The quantitative estimate of drug-likeness (QED) is 0.689. The van der Waals surface area contributed by atoms with E-state index in [0.29, 0.717) is 0 Å². The number of rotatable bonds is 3. The standard InChI is InChI=1S/C6H10F3NO2/c1-3(6(7,8)9)2-4(10)5(11)12/h3-4H,2,10H2,1H3,(H,11,12)/t3?,4-/m1/s1. The number of carbonyl (C=O) groups is 1. The monoisotopic (exact) mass is 185 g/mol. The van der Waals surface area contributed by atoms with Crippen LogP contribution in [-0.4, -0.2) is 23.3 Å². The Balaban J connectivity index is 4.01. The van der Waals surface area contributed by atoms with Gasteiger partial charge in [-0.25, -0.2) is 0 Å². The first-order chi connectivity index (χ1) is 5.25. The smallest absolute Gasteiger partial charge is 0.391 e. The highest BCUT2D eigenvalue weighted by Gasteiger charge is 2.37. The first-order valence-electron chi connectivity index (χ1n) is 3.30. The summed E-state index contributed by atoms with van der Waals surface area (Å²) < 4.78 is 35.5. The van der Waals surface area contributed by atoms with Crippen LogP contribution in [0.1, 0.15) is 13.3 Å². The van der Waals surface area contributed by atoms with Crippen LogP contribution >= 0.6 is 0 Å². The molecule has 0 aliphatic heterocycles. The van der Waals surface area contributed by atoms with Crippen LogP contribution in [0.3, 0.4) is 0 Å². The minimum atomic E-state index is -4.37. The van der Waals surface area contributed by atoms with Gasteiger partial charge in [0.15, 0.2) is 0 Å². The number of halogens is 3. The van der Waals surface area contributed by atoms with E-state index in [-0.39, 0.29) is 0 Å². The fraction of sp³-hybridized carbons (Fsp3) is 0.833. The van der Waals surface area contributed by atoms with Crippen LogP contribution in [0, 0.1) is 5.92 Å². The van der Waals surface area contributed by atoms with Crippen LogP contribution < -0.4 is 5.73 Å². The fourth-order valence-electron chi connectivity index (χ4n) is 0.615. The Morgan fingerprint density at radius 3 is 2.25 bits per heavy atom. The Labute approximate surface area is 67.4 Å². The summed E-state index contributed by atoms with van der Waals surface area (Å²) in [5.41, 5.74) is 4.91. The highest BCUT2D eigenvalue weighted by Crippen LogP contribution is 2.28. The number of nitrogens with two attached hydrogens (primary N) is 1. The van der Waals surface area contributed by atoms with E-state index in [0.717, 1.165) is 6.92 Å². The lowest BCUT2D eigenvalue weighted by Crippen LogP contribution is -2.35. The summed E-state index contributed by atoms with van der Waals surface area (Å²) in [6.45, 7) is 0.906. The normalized spacial score (nSPS) is 17.1. The number of hydrogen-bond donors (Lipinski definition) is 2. The van der Waals surface area contributed by atoms with E-state index in [9.17, 15) is 18.0 Å². The summed E-state index contributed by atoms with van der Waals surface area (Å²) in [4.78, 5) is 10.1. The lowest BCUT2D eigenvalue weighted by Gasteiger charge is -2.16. The van der Waals surface area contributed by atoms with Gasteiger partial charge in [-0.2, -0.15) is 13.2 Å². The summed E-state index contributed by atoms with van der Waals surface area (Å²) in [6.07, 6.45) is -4.95. The largest absolute Gasteiger partial charge is 0.480 e. The van der Waals surface area contributed by atoms with Crippen molar-refractivity contribution in [1.82, 2.24) is 0 Å². The van der Waals surface area contributed by atoms with Crippen molar-refractivity contribution in [1.29, 1.82) is 0 Å². The molecule has 0 aromatic rings. The highest BCUT2D eigenvalue weighted by atomic mass is 19.4. The van der Waals surface area contributed by atoms with E-state index >= 15 is 0 Å². The molecule has 0 saturated heterocycles. The van der Waals surface area contributed by atoms with Crippen molar-refractivity contribution < 1.29 is 23.1 Å². The molecule has 2 atom stereocenters. The molecule has 0 fully saturated rings. The summed E-state index contributed by atoms with van der Waals surface area (Å²) >= 11 is 0. The van der Waals surface area contributed by atoms with Crippen LogP contribution in [-0.2, 0) is 4.79 Å². The lowest BCUT2D eigenvalue weighted by molar-refractivity contribution is -0.173. The van der Waals surface area contributed by atoms with Crippen LogP contribution in [0.25, 0.3) is 0 Å². The molecule has 1 unspecified atom stereocenters. The van der Waals surface area contributed by atoms with Gasteiger partial charge in [0.25, 0.3) is 0 Å². The number of carboxylic acids is 1. The van der Waals surface area contributed by atoms with Crippen molar-refractivity contribution >= 4 is 5.97 Å². The molecule has 12 heavy (non-hydrogen) atoms. The predicted molar refractivity (Wildman–Crippen MR) is 35.4 cm³/mol. The molecule has 0 amide bonds. The maximum atomic E-state index is 11.8. The second-order valence-electron chi connectivity index (χ2n) is 2.62. The number of aliphatic carboxylic acids is 1. The van der Waals surface area contributed by atoms with Gasteiger partial charge in [0, 0.05) is 0 Å². The highest BCUT2D eigenvalue weighted by molar-refractivity contribution is 5.73. The third-order valence-electron chi connectivity index (χ3n) is 1.48. The molecule has 3 nitrogen and oxygen atoms in total. The number of carboxylic acid groups (broad SMARTS) is 1. The molecule has 0 rings (SSSR count). The molecule has 0 aliphatic carbocycles. The maximum absolute atomic E-state index is 11.8. The zero-order valence-electron chi connectivity index (χ0n) is 6.43. The maximum Gasteiger partial charge on any atom is 0.391 e. The average Bonchev–Trinajstić information content (AvgIpc) is 1.85. The van der Waals surface area contributed by atoms with Crippen LogP contribution in [0.15, 0.2) is 0 Å². The van der Waals surface area contributed by atoms with Gasteiger partial charge >= 0.3 is 12.1 Å². The van der Waals surface area contributed by atoms with Gasteiger partial charge in [-0.3, -0.25) is 4.79 Å². The molecular formula is C6H10F3NO2. The molecular weight excluding hydrogens is 175 g/mol. The molecule has 0 aliphatic rings. The van der Waals surface area contributed by atoms with E-state index in [1.54, 1.807) is 0 Å². The third kappa shape index (κ3) is 3.56. The van der Waals surface area contributed by atoms with Gasteiger partial charge in [0.05, 0.1) is 5.92 Å². The Morgan fingerprint density at radius 2 is 2.00 bits per heavy atom. The van der Waals surface area contributed by atoms with Gasteiger partial charge in [0.2, 0.25) is 0 Å². The van der Waals surface area contributed by atoms with Crippen molar-refractivity contribution in [3.05, 3.63) is 0 Å². The third-order valence-corrected chi connectivity index (χ3v) is 1.48. The van der Waals surface area contributed by atoms with Crippen molar-refractivity contribution in [3.63, 3.8) is 0 Å². The number of alkyl halides is 3. The van der Waals surface area contributed by atoms with E-state index < -0.39 is 30.5 Å². The van der Waals surface area contributed by atoms with Gasteiger partial charge in [-0.15, -0.1) is 0 Å². The molecule has 6 heteroatoms. The van der Waals surface area contributed by atoms with Gasteiger partial charge in [-0.1, -0.05) is 6.92 Å². The summed E-state index contributed by atoms with van der Waals surface area (Å²) in [7, 11) is 0. The fourth-order valence-corrected chi connectivity index (χ4v) is 0.615. The summed E-state index contributed by atoms with van der Waals surface area (Å²) in [5.74, 6) is -3.09. The van der Waals surface area contributed by atoms with Crippen LogP contribution in [0.4, 0.5) is 13.2 Å². The average molecular weight is 185 g/mol. The Hall–Kier alpha value is -0.780. The second kappa shape index (κ2) is 3.75. The molecule has 0 aromatic carbocycles. The van der Waals surface area contributed by atoms with Gasteiger partial charge in [0.1, 0.15) is 6.04 Å². The molecule has 3 N–H and O–H groups in total. The minimum absolute atomic E-state index is 0.584. The summed E-state index contributed by atoms with van der Waals surface area (Å²) in [5, 5.41) is 8.20. The van der Waals surface area contributed by atoms with Crippen molar-refractivity contribution in [2.24, 2.45) is 11.7 Å². The predicted octanol–water partition coefficient (Wildman–Crippen LogP) is 0.987. The van der Waals surface area contributed by atoms with Crippen molar-refractivity contribution in [3.8, 4) is 0 Å².